The lowest BCUT2D eigenvalue weighted by atomic mass is 9.89. The molecule has 4 aromatic rings. The van der Waals surface area contributed by atoms with Gasteiger partial charge in [-0.1, -0.05) is 18.2 Å². The Morgan fingerprint density at radius 1 is 0.957 bits per heavy atom. The van der Waals surface area contributed by atoms with Crippen LogP contribution in [0.1, 0.15) is 28.3 Å². The van der Waals surface area contributed by atoms with Gasteiger partial charge < -0.3 is 34.4 Å². The van der Waals surface area contributed by atoms with Crippen molar-refractivity contribution >= 4 is 29.2 Å². The minimum atomic E-state index is -3.02. The number of nitrogens with one attached hydrogen (secondary N) is 1. The fourth-order valence-electron chi connectivity index (χ4n) is 5.84. The molecule has 1 atom stereocenters. The normalized spacial score (nSPS) is 14.1. The van der Waals surface area contributed by atoms with Gasteiger partial charge in [0.05, 0.1) is 25.9 Å². The van der Waals surface area contributed by atoms with Crippen molar-refractivity contribution in [3.8, 4) is 17.2 Å². The van der Waals surface area contributed by atoms with E-state index < -0.39 is 18.7 Å². The summed E-state index contributed by atoms with van der Waals surface area (Å²) in [5, 5.41) is 13.8. The van der Waals surface area contributed by atoms with Crippen molar-refractivity contribution in [2.45, 2.75) is 26.5 Å². The number of amides is 1. The second-order valence-corrected chi connectivity index (χ2v) is 11.2. The van der Waals surface area contributed by atoms with E-state index in [1.807, 2.05) is 44.0 Å². The Morgan fingerprint density at radius 2 is 1.68 bits per heavy atom. The number of aromatic nitrogens is 2. The number of anilines is 4. The summed E-state index contributed by atoms with van der Waals surface area (Å²) in [5.41, 5.74) is 3.98. The van der Waals surface area contributed by atoms with Gasteiger partial charge in [0, 0.05) is 49.7 Å². The van der Waals surface area contributed by atoms with Crippen molar-refractivity contribution in [3.63, 3.8) is 0 Å². The second-order valence-electron chi connectivity index (χ2n) is 11.2. The van der Waals surface area contributed by atoms with Crippen LogP contribution in [0, 0.1) is 13.8 Å². The topological polar surface area (TPSA) is 113 Å². The highest BCUT2D eigenvalue weighted by molar-refractivity contribution is 5.87. The zero-order valence-electron chi connectivity index (χ0n) is 26.9. The van der Waals surface area contributed by atoms with E-state index in [9.17, 15) is 18.7 Å². The molecule has 2 N–H and O–H groups in total. The van der Waals surface area contributed by atoms with Crippen LogP contribution in [0.25, 0.3) is 0 Å². The number of methoxy groups -OCH3 is 2. The summed E-state index contributed by atoms with van der Waals surface area (Å²) < 4.78 is 43.0. The third-order valence-corrected chi connectivity index (χ3v) is 8.17. The first-order chi connectivity index (χ1) is 22.6. The number of alkyl halides is 2. The Hall–Kier alpha value is -5.17. The molecular formula is C34H38F2N6O5. The van der Waals surface area contributed by atoms with Crippen LogP contribution in [-0.4, -0.2) is 80.1 Å². The van der Waals surface area contributed by atoms with E-state index >= 15 is 0 Å². The van der Waals surface area contributed by atoms with Crippen molar-refractivity contribution in [3.05, 3.63) is 89.1 Å². The van der Waals surface area contributed by atoms with Gasteiger partial charge in [-0.05, 0) is 74.0 Å². The highest BCUT2D eigenvalue weighted by atomic mass is 19.3. The summed E-state index contributed by atoms with van der Waals surface area (Å²) in [6.07, 6.45) is 0.164. The molecule has 0 bridgehead atoms. The predicted octanol–water partition coefficient (Wildman–Crippen LogP) is 6.48. The number of nitrogens with zero attached hydrogens (tertiary/aromatic N) is 5. The molecule has 1 aliphatic rings. The van der Waals surface area contributed by atoms with E-state index in [-0.39, 0.29) is 17.5 Å². The molecular weight excluding hydrogens is 610 g/mol. The molecule has 1 saturated heterocycles. The Labute approximate surface area is 272 Å². The first kappa shape index (κ1) is 33.2. The maximum Gasteiger partial charge on any atom is 0.413 e. The smallest absolute Gasteiger partial charge is 0.413 e. The monoisotopic (exact) mass is 648 g/mol. The molecule has 11 nitrogen and oxygen atoms in total. The molecule has 0 spiro atoms. The number of piperazine rings is 1. The van der Waals surface area contributed by atoms with E-state index in [1.54, 1.807) is 30.3 Å². The lowest BCUT2D eigenvalue weighted by Crippen LogP contribution is -2.44. The zero-order valence-corrected chi connectivity index (χ0v) is 26.9. The SMILES string of the molecule is COc1ccc(OC)c(C(c2c(C)cccc2C)N(C(=O)O)c2ccnc(Nc3ccc(N4CCN(C)CC4)c(OC(F)F)c3)n2)c1. The second kappa shape index (κ2) is 14.5. The van der Waals surface area contributed by atoms with Gasteiger partial charge >= 0.3 is 12.7 Å². The molecule has 1 aromatic heterocycles. The number of aryl methyl sites for hydroxylation is 2. The van der Waals surface area contributed by atoms with Crippen LogP contribution in [0.15, 0.2) is 66.9 Å². The highest BCUT2D eigenvalue weighted by Crippen LogP contribution is 2.42. The number of hydrogen-bond donors (Lipinski definition) is 2. The largest absolute Gasteiger partial charge is 0.497 e. The number of rotatable bonds is 11. The molecule has 47 heavy (non-hydrogen) atoms. The van der Waals surface area contributed by atoms with Gasteiger partial charge in [-0.25, -0.2) is 14.7 Å². The van der Waals surface area contributed by atoms with Crippen molar-refractivity contribution in [1.82, 2.24) is 14.9 Å². The first-order valence-electron chi connectivity index (χ1n) is 15.0. The van der Waals surface area contributed by atoms with Gasteiger partial charge in [-0.15, -0.1) is 0 Å². The van der Waals surface area contributed by atoms with Crippen LogP contribution in [-0.2, 0) is 0 Å². The number of ether oxygens (including phenoxy) is 3. The number of carbonyl (C=O) groups is 1. The lowest BCUT2D eigenvalue weighted by molar-refractivity contribution is -0.0495. The van der Waals surface area contributed by atoms with E-state index in [1.165, 1.54) is 32.5 Å². The Bertz CT molecular complexity index is 1700. The summed E-state index contributed by atoms with van der Waals surface area (Å²) in [7, 11) is 5.07. The van der Waals surface area contributed by atoms with Crippen LogP contribution in [0.4, 0.5) is 36.7 Å². The van der Waals surface area contributed by atoms with Crippen molar-refractivity contribution in [2.75, 3.05) is 62.6 Å². The molecule has 0 saturated carbocycles. The van der Waals surface area contributed by atoms with E-state index in [4.69, 9.17) is 14.2 Å². The summed E-state index contributed by atoms with van der Waals surface area (Å²) in [6, 6.07) is 16.5. The van der Waals surface area contributed by atoms with Gasteiger partial charge in [0.1, 0.15) is 17.3 Å². The van der Waals surface area contributed by atoms with Gasteiger partial charge in [0.2, 0.25) is 5.95 Å². The number of likely N-dealkylation sites (N-methyl/N-ethyl adjacent to an activating group) is 1. The quantitative estimate of drug-likeness (QED) is 0.187. The molecule has 1 amide bonds. The standard InChI is InChI=1S/C34H38F2N6O5/c1-21-7-6-8-22(2)30(21)31(25-20-24(45-4)10-12-27(25)46-5)42(34(43)44)29-13-14-37-33(39-29)38-23-9-11-26(28(19-23)47-32(35)36)41-17-15-40(3)16-18-41/h6-14,19-20,31-32H,15-18H2,1-5H3,(H,43,44)(H,37,38,39). The Balaban J connectivity index is 1.56. The Kier molecular flexibility index (Phi) is 10.2. The summed E-state index contributed by atoms with van der Waals surface area (Å²) in [4.78, 5) is 27.4. The van der Waals surface area contributed by atoms with Gasteiger partial charge in [-0.2, -0.15) is 13.8 Å². The van der Waals surface area contributed by atoms with E-state index in [0.29, 0.717) is 41.5 Å². The molecule has 2 heterocycles. The number of carboxylic acid groups (broad SMARTS) is 1. The fourth-order valence-corrected chi connectivity index (χ4v) is 5.84. The van der Waals surface area contributed by atoms with Crippen molar-refractivity contribution < 1.29 is 32.9 Å². The van der Waals surface area contributed by atoms with E-state index in [2.05, 4.69) is 20.2 Å². The average molecular weight is 649 g/mol. The van der Waals surface area contributed by atoms with Gasteiger partial charge in [0.15, 0.2) is 5.75 Å². The number of halogens is 2. The van der Waals surface area contributed by atoms with Crippen LogP contribution in [0.2, 0.25) is 0 Å². The minimum absolute atomic E-state index is 0.0121. The molecule has 0 aliphatic carbocycles. The van der Waals surface area contributed by atoms with Gasteiger partial charge in [0.25, 0.3) is 0 Å². The van der Waals surface area contributed by atoms with Crippen LogP contribution < -0.4 is 29.3 Å². The summed E-state index contributed by atoms with van der Waals surface area (Å²) in [5.74, 6) is 1.13. The van der Waals surface area contributed by atoms with Crippen LogP contribution in [0.3, 0.4) is 0 Å². The molecule has 0 radical (unpaired) electrons. The summed E-state index contributed by atoms with van der Waals surface area (Å²) >= 11 is 0. The number of benzene rings is 3. The molecule has 1 unspecified atom stereocenters. The third kappa shape index (κ3) is 7.46. The highest BCUT2D eigenvalue weighted by Gasteiger charge is 2.34. The van der Waals surface area contributed by atoms with Gasteiger partial charge in [-0.3, -0.25) is 0 Å². The first-order valence-corrected chi connectivity index (χ1v) is 15.0. The molecule has 5 rings (SSSR count). The maximum atomic E-state index is 13.4. The molecule has 1 fully saturated rings. The Morgan fingerprint density at radius 3 is 2.32 bits per heavy atom. The van der Waals surface area contributed by atoms with E-state index in [0.717, 1.165) is 34.7 Å². The average Bonchev–Trinajstić information content (AvgIpc) is 3.04. The molecule has 248 valence electrons. The zero-order chi connectivity index (χ0) is 33.7. The third-order valence-electron chi connectivity index (χ3n) is 8.17. The molecule has 3 aromatic carbocycles. The predicted molar refractivity (Wildman–Crippen MR) is 176 cm³/mol. The van der Waals surface area contributed by atoms with Crippen LogP contribution in [0.5, 0.6) is 17.2 Å². The summed E-state index contributed by atoms with van der Waals surface area (Å²) in [6.45, 7) is 3.73. The molecule has 1 aliphatic heterocycles. The fraction of sp³-hybridized carbons (Fsp3) is 0.324. The van der Waals surface area contributed by atoms with Crippen molar-refractivity contribution in [1.29, 1.82) is 0 Å². The van der Waals surface area contributed by atoms with Crippen LogP contribution >= 0.6 is 0 Å². The maximum absolute atomic E-state index is 13.4. The molecule has 13 heteroatoms. The number of hydrogen-bond acceptors (Lipinski definition) is 9. The lowest BCUT2D eigenvalue weighted by Gasteiger charge is -2.35. The van der Waals surface area contributed by atoms with Crippen molar-refractivity contribution in [2.24, 2.45) is 0 Å². The minimum Gasteiger partial charge on any atom is -0.497 e.